The molecule has 3 rings (SSSR count). The van der Waals surface area contributed by atoms with Gasteiger partial charge in [-0.3, -0.25) is 0 Å². The Morgan fingerprint density at radius 1 is 1.35 bits per heavy atom. The molecular weight excluding hydrogens is 250 g/mol. The fourth-order valence-electron chi connectivity index (χ4n) is 2.79. The number of hydrogen-bond acceptors (Lipinski definition) is 3. The number of rotatable bonds is 2. The average molecular weight is 267 g/mol. The Bertz CT molecular complexity index is 654. The first kappa shape index (κ1) is 12.8. The van der Waals surface area contributed by atoms with E-state index >= 15 is 0 Å². The summed E-state index contributed by atoms with van der Waals surface area (Å²) in [6, 6.07) is 12.3. The number of hydrogen-bond donors (Lipinski definition) is 2. The minimum atomic E-state index is -0.301. The maximum Gasteiger partial charge on any atom is 0.124 e. The molecule has 1 aromatic carbocycles. The lowest BCUT2D eigenvalue weighted by Gasteiger charge is -2.16. The Morgan fingerprint density at radius 3 is 2.70 bits per heavy atom. The monoisotopic (exact) mass is 267 g/mol. The number of benzene rings is 1. The van der Waals surface area contributed by atoms with Gasteiger partial charge in [-0.25, -0.2) is 0 Å². The van der Waals surface area contributed by atoms with E-state index in [-0.39, 0.29) is 6.10 Å². The molecule has 4 nitrogen and oxygen atoms in total. The summed E-state index contributed by atoms with van der Waals surface area (Å²) < 4.78 is 0. The average Bonchev–Trinajstić information content (AvgIpc) is 3.03. The molecule has 1 fully saturated rings. The molecule has 1 aromatic heterocycles. The first-order valence-electron chi connectivity index (χ1n) is 6.82. The number of aromatic amines is 1. The van der Waals surface area contributed by atoms with Crippen molar-refractivity contribution in [2.45, 2.75) is 19.4 Å². The zero-order valence-electron chi connectivity index (χ0n) is 11.4. The SMILES string of the molecule is Cc1c(-c2ccccc2)[nH]c(N2CCC(O)C2)c1C#N. The zero-order valence-corrected chi connectivity index (χ0v) is 11.4. The summed E-state index contributed by atoms with van der Waals surface area (Å²) in [5, 5.41) is 19.1. The second-order valence-electron chi connectivity index (χ2n) is 5.21. The van der Waals surface area contributed by atoms with Gasteiger partial charge in [-0.05, 0) is 24.5 Å². The van der Waals surface area contributed by atoms with Gasteiger partial charge in [0.2, 0.25) is 0 Å². The summed E-state index contributed by atoms with van der Waals surface area (Å²) in [5.74, 6) is 0.834. The normalized spacial score (nSPS) is 18.2. The van der Waals surface area contributed by atoms with Gasteiger partial charge in [0, 0.05) is 13.1 Å². The van der Waals surface area contributed by atoms with E-state index in [9.17, 15) is 10.4 Å². The van der Waals surface area contributed by atoms with Crippen molar-refractivity contribution in [1.29, 1.82) is 5.26 Å². The summed E-state index contributed by atoms with van der Waals surface area (Å²) >= 11 is 0. The van der Waals surface area contributed by atoms with Crippen LogP contribution in [-0.2, 0) is 0 Å². The molecule has 2 N–H and O–H groups in total. The quantitative estimate of drug-likeness (QED) is 0.878. The zero-order chi connectivity index (χ0) is 14.1. The predicted octanol–water partition coefficient (Wildman–Crippen LogP) is 2.43. The molecule has 1 aliphatic heterocycles. The standard InChI is InChI=1S/C16H17N3O/c1-11-14(9-17)16(19-8-7-13(20)10-19)18-15(11)12-5-3-2-4-6-12/h2-6,13,18,20H,7-8,10H2,1H3. The van der Waals surface area contributed by atoms with E-state index in [4.69, 9.17) is 0 Å². The van der Waals surface area contributed by atoms with Gasteiger partial charge in [-0.1, -0.05) is 30.3 Å². The maximum atomic E-state index is 9.68. The van der Waals surface area contributed by atoms with E-state index in [1.807, 2.05) is 37.3 Å². The lowest BCUT2D eigenvalue weighted by atomic mass is 10.1. The number of nitriles is 1. The number of anilines is 1. The number of aromatic nitrogens is 1. The van der Waals surface area contributed by atoms with E-state index in [1.54, 1.807) is 0 Å². The smallest absolute Gasteiger partial charge is 0.124 e. The van der Waals surface area contributed by atoms with Crippen molar-refractivity contribution < 1.29 is 5.11 Å². The van der Waals surface area contributed by atoms with Gasteiger partial charge >= 0.3 is 0 Å². The Kier molecular flexibility index (Phi) is 3.21. The summed E-state index contributed by atoms with van der Waals surface area (Å²) in [6.07, 6.45) is 0.453. The van der Waals surface area contributed by atoms with E-state index in [0.717, 1.165) is 35.6 Å². The summed E-state index contributed by atoms with van der Waals surface area (Å²) in [7, 11) is 0. The minimum Gasteiger partial charge on any atom is -0.391 e. The van der Waals surface area contributed by atoms with Crippen LogP contribution in [0.3, 0.4) is 0 Å². The van der Waals surface area contributed by atoms with Gasteiger partial charge in [0.15, 0.2) is 0 Å². The van der Waals surface area contributed by atoms with E-state index in [1.165, 1.54) is 0 Å². The molecule has 1 atom stereocenters. The lowest BCUT2D eigenvalue weighted by Crippen LogP contribution is -2.22. The molecule has 0 aliphatic carbocycles. The van der Waals surface area contributed by atoms with Crippen LogP contribution in [0.15, 0.2) is 30.3 Å². The first-order chi connectivity index (χ1) is 9.70. The van der Waals surface area contributed by atoms with Crippen molar-refractivity contribution in [3.05, 3.63) is 41.5 Å². The van der Waals surface area contributed by atoms with Crippen LogP contribution < -0.4 is 4.90 Å². The Hall–Kier alpha value is -2.25. The molecule has 1 saturated heterocycles. The van der Waals surface area contributed by atoms with E-state index in [0.29, 0.717) is 12.1 Å². The van der Waals surface area contributed by atoms with Gasteiger partial charge in [0.1, 0.15) is 11.9 Å². The van der Waals surface area contributed by atoms with Gasteiger partial charge in [-0.2, -0.15) is 5.26 Å². The Balaban J connectivity index is 2.06. The fourth-order valence-corrected chi connectivity index (χ4v) is 2.79. The van der Waals surface area contributed by atoms with E-state index < -0.39 is 0 Å². The number of β-amino-alcohol motifs (C(OH)–C–C–N with tert-alkyl or cyclic N) is 1. The molecule has 20 heavy (non-hydrogen) atoms. The summed E-state index contributed by atoms with van der Waals surface area (Å²) in [5.41, 5.74) is 3.71. The summed E-state index contributed by atoms with van der Waals surface area (Å²) in [6.45, 7) is 3.33. The van der Waals surface area contributed by atoms with Crippen LogP contribution in [0.4, 0.5) is 5.82 Å². The molecule has 0 bridgehead atoms. The minimum absolute atomic E-state index is 0.301. The molecule has 0 radical (unpaired) electrons. The highest BCUT2D eigenvalue weighted by Crippen LogP contribution is 2.33. The third-order valence-electron chi connectivity index (χ3n) is 3.88. The third-order valence-corrected chi connectivity index (χ3v) is 3.88. The first-order valence-corrected chi connectivity index (χ1v) is 6.82. The predicted molar refractivity (Wildman–Crippen MR) is 78.5 cm³/mol. The highest BCUT2D eigenvalue weighted by molar-refractivity contribution is 5.74. The highest BCUT2D eigenvalue weighted by Gasteiger charge is 2.26. The van der Waals surface area contributed by atoms with Crippen LogP contribution in [0.1, 0.15) is 17.5 Å². The number of aliphatic hydroxyl groups excluding tert-OH is 1. The molecular formula is C16H17N3O. The number of nitrogens with one attached hydrogen (secondary N) is 1. The van der Waals surface area contributed by atoms with Crippen molar-refractivity contribution in [3.8, 4) is 17.3 Å². The molecule has 102 valence electrons. The van der Waals surface area contributed by atoms with Crippen LogP contribution in [-0.4, -0.2) is 29.3 Å². The molecule has 4 heteroatoms. The van der Waals surface area contributed by atoms with Crippen LogP contribution in [0, 0.1) is 18.3 Å². The lowest BCUT2D eigenvalue weighted by molar-refractivity contribution is 0.198. The number of nitrogens with zero attached hydrogens (tertiary/aromatic N) is 2. The Morgan fingerprint density at radius 2 is 2.10 bits per heavy atom. The molecule has 1 aliphatic rings. The second kappa shape index (κ2) is 5.03. The third kappa shape index (κ3) is 2.06. The van der Waals surface area contributed by atoms with Crippen molar-refractivity contribution >= 4 is 5.82 Å². The van der Waals surface area contributed by atoms with Crippen LogP contribution in [0.25, 0.3) is 11.3 Å². The van der Waals surface area contributed by atoms with Gasteiger partial charge in [0.25, 0.3) is 0 Å². The van der Waals surface area contributed by atoms with Crippen LogP contribution in [0.2, 0.25) is 0 Å². The van der Waals surface area contributed by atoms with Crippen molar-refractivity contribution in [2.75, 3.05) is 18.0 Å². The topological polar surface area (TPSA) is 63.1 Å². The molecule has 2 aromatic rings. The van der Waals surface area contributed by atoms with Crippen molar-refractivity contribution in [3.63, 3.8) is 0 Å². The Labute approximate surface area is 118 Å². The van der Waals surface area contributed by atoms with Gasteiger partial charge in [-0.15, -0.1) is 0 Å². The number of aliphatic hydroxyl groups is 1. The van der Waals surface area contributed by atoms with Crippen molar-refractivity contribution in [1.82, 2.24) is 4.98 Å². The second-order valence-corrected chi connectivity index (χ2v) is 5.21. The van der Waals surface area contributed by atoms with E-state index in [2.05, 4.69) is 16.0 Å². The van der Waals surface area contributed by atoms with Gasteiger partial charge < -0.3 is 15.0 Å². The number of H-pyrrole nitrogens is 1. The molecule has 0 amide bonds. The largest absolute Gasteiger partial charge is 0.391 e. The molecule has 0 saturated carbocycles. The fraction of sp³-hybridized carbons (Fsp3) is 0.312. The molecule has 2 heterocycles. The maximum absolute atomic E-state index is 9.68. The van der Waals surface area contributed by atoms with Crippen molar-refractivity contribution in [2.24, 2.45) is 0 Å². The van der Waals surface area contributed by atoms with Crippen LogP contribution >= 0.6 is 0 Å². The highest BCUT2D eigenvalue weighted by atomic mass is 16.3. The summed E-state index contributed by atoms with van der Waals surface area (Å²) in [4.78, 5) is 5.43. The van der Waals surface area contributed by atoms with Crippen LogP contribution in [0.5, 0.6) is 0 Å². The molecule has 1 unspecified atom stereocenters. The van der Waals surface area contributed by atoms with Gasteiger partial charge in [0.05, 0.1) is 17.4 Å². The molecule has 0 spiro atoms.